The van der Waals surface area contributed by atoms with E-state index in [1.165, 1.54) is 0 Å². The summed E-state index contributed by atoms with van der Waals surface area (Å²) >= 11 is 0. The fourth-order valence-corrected chi connectivity index (χ4v) is 1.64. The number of allylic oxidation sites excluding steroid dienone is 2. The quantitative estimate of drug-likeness (QED) is 0.515. The van der Waals surface area contributed by atoms with Crippen LogP contribution in [-0.4, -0.2) is 30.9 Å². The molecule has 1 unspecified atom stereocenters. The van der Waals surface area contributed by atoms with E-state index in [9.17, 15) is 9.59 Å². The predicted molar refractivity (Wildman–Crippen MR) is 65.7 cm³/mol. The van der Waals surface area contributed by atoms with Crippen LogP contribution in [0.1, 0.15) is 39.0 Å². The normalized spacial score (nSPS) is 27.0. The van der Waals surface area contributed by atoms with Crippen LogP contribution in [0.2, 0.25) is 0 Å². The Morgan fingerprint density at radius 2 is 1.94 bits per heavy atom. The molecule has 17 heavy (non-hydrogen) atoms. The Hall–Kier alpha value is -1.16. The molecular weight excluding hydrogens is 218 g/mol. The lowest BCUT2D eigenvalue weighted by atomic mass is 10.2. The van der Waals surface area contributed by atoms with Crippen LogP contribution in [0.15, 0.2) is 12.2 Å². The van der Waals surface area contributed by atoms with Crippen LogP contribution in [0, 0.1) is 0 Å². The van der Waals surface area contributed by atoms with Gasteiger partial charge >= 0.3 is 5.97 Å². The molecule has 1 atom stereocenters. The molecule has 0 bridgehead atoms. The van der Waals surface area contributed by atoms with E-state index in [1.807, 2.05) is 19.1 Å². The van der Waals surface area contributed by atoms with Crippen molar-refractivity contribution in [3.8, 4) is 0 Å². The van der Waals surface area contributed by atoms with Gasteiger partial charge in [0.05, 0.1) is 6.54 Å². The highest BCUT2D eigenvalue weighted by molar-refractivity contribution is 5.80. The summed E-state index contributed by atoms with van der Waals surface area (Å²) < 4.78 is 5.22. The summed E-state index contributed by atoms with van der Waals surface area (Å²) in [4.78, 5) is 22.8. The number of ketones is 1. The number of cyclic esters (lactones) is 1. The molecule has 4 nitrogen and oxygen atoms in total. The molecule has 1 rings (SSSR count). The summed E-state index contributed by atoms with van der Waals surface area (Å²) in [6.45, 7) is 2.99. The Kier molecular flexibility index (Phi) is 6.55. The Labute approximate surface area is 102 Å². The van der Waals surface area contributed by atoms with Gasteiger partial charge in [0.25, 0.3) is 0 Å². The largest absolute Gasteiger partial charge is 0.463 e. The minimum absolute atomic E-state index is 0.0861. The fourth-order valence-electron chi connectivity index (χ4n) is 1.64. The fraction of sp³-hybridized carbons (Fsp3) is 0.692. The molecule has 0 radical (unpaired) electrons. The maximum Gasteiger partial charge on any atom is 0.306 e. The van der Waals surface area contributed by atoms with E-state index in [1.54, 1.807) is 0 Å². The number of Topliss-reactive ketones (excluding diaryl/α,β-unsaturated/α-hetero) is 1. The average molecular weight is 239 g/mol. The van der Waals surface area contributed by atoms with Crippen molar-refractivity contribution in [2.45, 2.75) is 45.1 Å². The Balaban J connectivity index is 2.42. The molecule has 0 aliphatic carbocycles. The summed E-state index contributed by atoms with van der Waals surface area (Å²) in [6, 6.07) is 0. The highest BCUT2D eigenvalue weighted by atomic mass is 16.5. The van der Waals surface area contributed by atoms with E-state index in [0.29, 0.717) is 32.4 Å². The van der Waals surface area contributed by atoms with Gasteiger partial charge in [0.1, 0.15) is 11.9 Å². The second kappa shape index (κ2) is 8.01. The molecule has 1 aliphatic heterocycles. The first-order valence-electron chi connectivity index (χ1n) is 6.25. The van der Waals surface area contributed by atoms with Gasteiger partial charge in [-0.2, -0.15) is 0 Å². The topological polar surface area (TPSA) is 55.4 Å². The lowest BCUT2D eigenvalue weighted by Crippen LogP contribution is -2.27. The maximum absolute atomic E-state index is 11.4. The monoisotopic (exact) mass is 239 g/mol. The van der Waals surface area contributed by atoms with Crippen LogP contribution in [0.3, 0.4) is 0 Å². The van der Waals surface area contributed by atoms with Crippen molar-refractivity contribution >= 4 is 11.8 Å². The second-order valence-electron chi connectivity index (χ2n) is 4.35. The number of carbonyl (C=O) groups is 2. The van der Waals surface area contributed by atoms with Crippen molar-refractivity contribution in [1.29, 1.82) is 0 Å². The minimum Gasteiger partial charge on any atom is -0.463 e. The highest BCUT2D eigenvalue weighted by Crippen LogP contribution is 2.03. The molecule has 1 heterocycles. The summed E-state index contributed by atoms with van der Waals surface area (Å²) in [7, 11) is 0. The molecule has 0 aromatic rings. The van der Waals surface area contributed by atoms with Gasteiger partial charge in [-0.15, -0.1) is 0 Å². The predicted octanol–water partition coefficient (Wildman–Crippen LogP) is 1.60. The Bertz CT molecular complexity index is 286. The van der Waals surface area contributed by atoms with Crippen molar-refractivity contribution in [3.63, 3.8) is 0 Å². The zero-order valence-corrected chi connectivity index (χ0v) is 10.4. The zero-order chi connectivity index (χ0) is 12.5. The maximum atomic E-state index is 11.4. The molecule has 1 aliphatic rings. The first-order valence-corrected chi connectivity index (χ1v) is 6.25. The Morgan fingerprint density at radius 1 is 1.24 bits per heavy atom. The van der Waals surface area contributed by atoms with E-state index >= 15 is 0 Å². The van der Waals surface area contributed by atoms with Crippen LogP contribution in [0.4, 0.5) is 0 Å². The van der Waals surface area contributed by atoms with Gasteiger partial charge in [0.15, 0.2) is 0 Å². The molecular formula is C13H21NO3. The van der Waals surface area contributed by atoms with Crippen molar-refractivity contribution in [2.24, 2.45) is 0 Å². The molecule has 0 saturated heterocycles. The number of rotatable bonds is 0. The number of hydrogen-bond donors (Lipinski definition) is 1. The number of ether oxygens (including phenoxy) is 1. The summed E-state index contributed by atoms with van der Waals surface area (Å²) in [5.74, 6) is 0.0895. The van der Waals surface area contributed by atoms with Crippen LogP contribution in [0.5, 0.6) is 0 Å². The molecule has 0 spiro atoms. The third kappa shape index (κ3) is 6.89. The molecule has 0 aromatic carbocycles. The van der Waals surface area contributed by atoms with Crippen molar-refractivity contribution in [3.05, 3.63) is 12.2 Å². The third-order valence-corrected chi connectivity index (χ3v) is 2.65. The smallest absolute Gasteiger partial charge is 0.306 e. The van der Waals surface area contributed by atoms with Crippen LogP contribution in [-0.2, 0) is 14.3 Å². The van der Waals surface area contributed by atoms with Crippen LogP contribution in [0.25, 0.3) is 0 Å². The molecule has 0 amide bonds. The number of carbonyl (C=O) groups excluding carboxylic acids is 2. The van der Waals surface area contributed by atoms with Gasteiger partial charge < -0.3 is 10.1 Å². The van der Waals surface area contributed by atoms with E-state index in [0.717, 1.165) is 12.8 Å². The van der Waals surface area contributed by atoms with Gasteiger partial charge in [0, 0.05) is 12.8 Å². The average Bonchev–Trinajstić information content (AvgIpc) is 2.28. The number of nitrogens with one attached hydrogen (secondary N) is 1. The van der Waals surface area contributed by atoms with Gasteiger partial charge in [0.2, 0.25) is 0 Å². The first-order chi connectivity index (χ1) is 8.18. The van der Waals surface area contributed by atoms with Gasteiger partial charge in [-0.05, 0) is 32.7 Å². The molecule has 4 heteroatoms. The van der Waals surface area contributed by atoms with Gasteiger partial charge in [-0.1, -0.05) is 12.2 Å². The molecule has 0 fully saturated rings. The highest BCUT2D eigenvalue weighted by Gasteiger charge is 2.09. The number of hydrogen-bond acceptors (Lipinski definition) is 4. The van der Waals surface area contributed by atoms with E-state index in [2.05, 4.69) is 5.32 Å². The van der Waals surface area contributed by atoms with Crippen LogP contribution >= 0.6 is 0 Å². The lowest BCUT2D eigenvalue weighted by Gasteiger charge is -2.13. The van der Waals surface area contributed by atoms with Gasteiger partial charge in [-0.3, -0.25) is 9.59 Å². The lowest BCUT2D eigenvalue weighted by molar-refractivity contribution is -0.148. The number of esters is 1. The minimum atomic E-state index is -0.143. The van der Waals surface area contributed by atoms with Crippen molar-refractivity contribution < 1.29 is 14.3 Å². The van der Waals surface area contributed by atoms with Crippen LogP contribution < -0.4 is 5.32 Å². The van der Waals surface area contributed by atoms with Gasteiger partial charge in [-0.25, -0.2) is 0 Å². The standard InChI is InChI=1S/C13H21NO3/c1-11-8-9-14-10-12(15)6-4-2-3-5-7-13(16)17-11/h2-3,11,14H,4-10H2,1H3/b3-2-. The SMILES string of the molecule is CC1CCNCC(=O)CC/C=C\CCC(=O)O1. The molecule has 96 valence electrons. The second-order valence-corrected chi connectivity index (χ2v) is 4.35. The third-order valence-electron chi connectivity index (χ3n) is 2.65. The van der Waals surface area contributed by atoms with E-state index < -0.39 is 0 Å². The molecule has 0 saturated carbocycles. The molecule has 0 aromatic heterocycles. The van der Waals surface area contributed by atoms with E-state index in [4.69, 9.17) is 4.74 Å². The Morgan fingerprint density at radius 3 is 2.71 bits per heavy atom. The van der Waals surface area contributed by atoms with Crippen molar-refractivity contribution in [2.75, 3.05) is 13.1 Å². The molecule has 1 N–H and O–H groups in total. The zero-order valence-electron chi connectivity index (χ0n) is 10.4. The van der Waals surface area contributed by atoms with Crippen molar-refractivity contribution in [1.82, 2.24) is 5.32 Å². The first kappa shape index (κ1) is 13.9. The van der Waals surface area contributed by atoms with E-state index in [-0.39, 0.29) is 17.9 Å². The summed E-state index contributed by atoms with van der Waals surface area (Å²) in [5.41, 5.74) is 0. The summed E-state index contributed by atoms with van der Waals surface area (Å²) in [6.07, 6.45) is 7.00. The summed E-state index contributed by atoms with van der Waals surface area (Å²) in [5, 5.41) is 3.07.